The average molecular weight is 593 g/mol. The Hall–Kier alpha value is -5.60. The van der Waals surface area contributed by atoms with Gasteiger partial charge >= 0.3 is 0 Å². The summed E-state index contributed by atoms with van der Waals surface area (Å²) in [7, 11) is 0. The minimum atomic E-state index is 1.15. The summed E-state index contributed by atoms with van der Waals surface area (Å²) in [5.41, 5.74) is 17.1. The Morgan fingerprint density at radius 2 is 0.826 bits per heavy atom. The normalized spacial score (nSPS) is 11.5. The fourth-order valence-electron chi connectivity index (χ4n) is 6.89. The summed E-state index contributed by atoms with van der Waals surface area (Å²) in [6.45, 7) is 8.58. The molecule has 222 valence electrons. The summed E-state index contributed by atoms with van der Waals surface area (Å²) in [4.78, 5) is 4.77. The predicted molar refractivity (Wildman–Crippen MR) is 197 cm³/mol. The number of anilines is 6. The monoisotopic (exact) mass is 592 g/mol. The fraction of sp³-hybridized carbons (Fsp3) is 0.0909. The average Bonchev–Trinajstić information content (AvgIpc) is 3.39. The van der Waals surface area contributed by atoms with E-state index in [0.29, 0.717) is 0 Å². The van der Waals surface area contributed by atoms with Crippen molar-refractivity contribution in [1.29, 1.82) is 0 Å². The second-order valence-corrected chi connectivity index (χ2v) is 12.6. The molecule has 0 N–H and O–H groups in total. The number of nitrogens with zero attached hydrogens (tertiary/aromatic N) is 2. The van der Waals surface area contributed by atoms with Gasteiger partial charge in [-0.2, -0.15) is 0 Å². The molecule has 0 aliphatic heterocycles. The van der Waals surface area contributed by atoms with Crippen molar-refractivity contribution in [3.8, 4) is 22.3 Å². The molecule has 0 atom stereocenters. The lowest BCUT2D eigenvalue weighted by Gasteiger charge is -2.27. The van der Waals surface area contributed by atoms with Gasteiger partial charge in [-0.05, 0) is 128 Å². The zero-order chi connectivity index (χ0) is 31.4. The predicted octanol–water partition coefficient (Wildman–Crippen LogP) is 12.7. The van der Waals surface area contributed by atoms with Crippen LogP contribution in [0.25, 0.3) is 33.0 Å². The van der Waals surface area contributed by atoms with Crippen LogP contribution < -0.4 is 9.80 Å². The number of benzene rings is 7. The van der Waals surface area contributed by atoms with Gasteiger partial charge in [0.1, 0.15) is 0 Å². The quantitative estimate of drug-likeness (QED) is 0.189. The van der Waals surface area contributed by atoms with Crippen LogP contribution in [0.2, 0.25) is 0 Å². The van der Waals surface area contributed by atoms with Gasteiger partial charge in [0.15, 0.2) is 0 Å². The van der Waals surface area contributed by atoms with Crippen molar-refractivity contribution in [2.24, 2.45) is 0 Å². The van der Waals surface area contributed by atoms with E-state index in [9.17, 15) is 0 Å². The Morgan fingerprint density at radius 3 is 1.43 bits per heavy atom. The molecule has 0 aromatic heterocycles. The lowest BCUT2D eigenvalue weighted by molar-refractivity contribution is 1.26. The van der Waals surface area contributed by atoms with E-state index in [-0.39, 0.29) is 0 Å². The maximum Gasteiger partial charge on any atom is 0.0540 e. The zero-order valence-corrected chi connectivity index (χ0v) is 26.8. The zero-order valence-electron chi connectivity index (χ0n) is 26.8. The molecule has 0 fully saturated rings. The highest BCUT2D eigenvalue weighted by Crippen LogP contribution is 2.52. The first kappa shape index (κ1) is 27.9. The third-order valence-electron chi connectivity index (χ3n) is 9.24. The van der Waals surface area contributed by atoms with Crippen molar-refractivity contribution in [3.05, 3.63) is 168 Å². The van der Waals surface area contributed by atoms with E-state index >= 15 is 0 Å². The fourth-order valence-corrected chi connectivity index (χ4v) is 6.89. The summed E-state index contributed by atoms with van der Waals surface area (Å²) in [5, 5.41) is 2.57. The van der Waals surface area contributed by atoms with Crippen LogP contribution >= 0.6 is 0 Å². The van der Waals surface area contributed by atoms with E-state index in [1.165, 1.54) is 61.0 Å². The van der Waals surface area contributed by atoms with Crippen LogP contribution in [0.5, 0.6) is 0 Å². The molecule has 0 heterocycles. The molecule has 0 saturated carbocycles. The van der Waals surface area contributed by atoms with Crippen molar-refractivity contribution in [1.82, 2.24) is 0 Å². The van der Waals surface area contributed by atoms with Gasteiger partial charge < -0.3 is 9.80 Å². The molecule has 0 spiro atoms. The van der Waals surface area contributed by atoms with E-state index in [2.05, 4.69) is 183 Å². The summed E-state index contributed by atoms with van der Waals surface area (Å²) in [6.07, 6.45) is 0. The second-order valence-electron chi connectivity index (χ2n) is 12.6. The molecular formula is C44H36N2. The summed E-state index contributed by atoms with van der Waals surface area (Å²) < 4.78 is 0. The Balaban J connectivity index is 1.30. The van der Waals surface area contributed by atoms with Gasteiger partial charge in [0, 0.05) is 33.8 Å². The molecule has 8 rings (SSSR count). The maximum absolute atomic E-state index is 2.40. The molecule has 46 heavy (non-hydrogen) atoms. The van der Waals surface area contributed by atoms with E-state index in [1.807, 2.05) is 0 Å². The Labute approximate surface area is 271 Å². The minimum Gasteiger partial charge on any atom is -0.310 e. The Morgan fingerprint density at radius 1 is 0.326 bits per heavy atom. The van der Waals surface area contributed by atoms with Gasteiger partial charge in [0.2, 0.25) is 0 Å². The highest BCUT2D eigenvalue weighted by atomic mass is 15.1. The molecule has 0 amide bonds. The molecule has 0 saturated heterocycles. The van der Waals surface area contributed by atoms with Gasteiger partial charge in [-0.3, -0.25) is 0 Å². The first-order valence-electron chi connectivity index (χ1n) is 16.0. The number of fused-ring (bicyclic) bond motifs is 3. The first-order valence-corrected chi connectivity index (χ1v) is 16.0. The van der Waals surface area contributed by atoms with Gasteiger partial charge in [-0.15, -0.1) is 0 Å². The van der Waals surface area contributed by atoms with Crippen molar-refractivity contribution in [2.75, 3.05) is 9.80 Å². The SMILES string of the molecule is Cc1ccc(N(c2cccc(C)c2)c2ccc3c(c2)-c2cccc4c(N(c5ccc(C)cc5)c5ccc(C)cc5)ccc-3c24)cc1. The molecule has 1 aliphatic rings. The lowest BCUT2D eigenvalue weighted by Crippen LogP contribution is -2.10. The summed E-state index contributed by atoms with van der Waals surface area (Å²) in [6, 6.07) is 53.7. The van der Waals surface area contributed by atoms with Crippen molar-refractivity contribution < 1.29 is 0 Å². The van der Waals surface area contributed by atoms with E-state index in [0.717, 1.165) is 28.4 Å². The largest absolute Gasteiger partial charge is 0.310 e. The van der Waals surface area contributed by atoms with Crippen LogP contribution in [0, 0.1) is 27.7 Å². The molecular weight excluding hydrogens is 556 g/mol. The van der Waals surface area contributed by atoms with Gasteiger partial charge in [-0.25, -0.2) is 0 Å². The number of rotatable bonds is 6. The molecule has 7 aromatic rings. The van der Waals surface area contributed by atoms with Crippen LogP contribution in [0.15, 0.2) is 146 Å². The van der Waals surface area contributed by atoms with E-state index in [1.54, 1.807) is 0 Å². The van der Waals surface area contributed by atoms with Crippen LogP contribution in [0.3, 0.4) is 0 Å². The molecule has 0 radical (unpaired) electrons. The standard InChI is InChI=1S/C44H36N2/c1-29-11-17-33(18-12-29)45(36-8-5-7-32(4)27-36)37-23-24-38-40-25-26-43(41-10-6-9-39(44(40)41)42(38)28-37)46(34-19-13-30(2)14-20-34)35-21-15-31(3)16-22-35/h5-28H,1-4H3. The smallest absolute Gasteiger partial charge is 0.0540 e. The summed E-state index contributed by atoms with van der Waals surface area (Å²) >= 11 is 0. The highest BCUT2D eigenvalue weighted by Gasteiger charge is 2.26. The highest BCUT2D eigenvalue weighted by molar-refractivity contribution is 6.19. The number of hydrogen-bond acceptors (Lipinski definition) is 2. The van der Waals surface area contributed by atoms with Crippen LogP contribution in [0.1, 0.15) is 22.3 Å². The first-order chi connectivity index (χ1) is 22.4. The molecule has 2 nitrogen and oxygen atoms in total. The maximum atomic E-state index is 2.40. The van der Waals surface area contributed by atoms with Crippen LogP contribution in [-0.2, 0) is 0 Å². The Kier molecular flexibility index (Phi) is 6.73. The van der Waals surface area contributed by atoms with Crippen LogP contribution in [-0.4, -0.2) is 0 Å². The Bertz CT molecular complexity index is 2180. The third kappa shape index (κ3) is 4.74. The van der Waals surface area contributed by atoms with Crippen molar-refractivity contribution >= 4 is 44.9 Å². The van der Waals surface area contributed by atoms with Crippen LogP contribution in [0.4, 0.5) is 34.1 Å². The van der Waals surface area contributed by atoms with E-state index < -0.39 is 0 Å². The van der Waals surface area contributed by atoms with Crippen molar-refractivity contribution in [2.45, 2.75) is 27.7 Å². The molecule has 0 bridgehead atoms. The summed E-state index contributed by atoms with van der Waals surface area (Å²) in [5.74, 6) is 0. The second kappa shape index (κ2) is 11.1. The van der Waals surface area contributed by atoms with Gasteiger partial charge in [0.05, 0.1) is 5.69 Å². The van der Waals surface area contributed by atoms with Crippen molar-refractivity contribution in [3.63, 3.8) is 0 Å². The minimum absolute atomic E-state index is 1.15. The topological polar surface area (TPSA) is 6.48 Å². The number of hydrogen-bond donors (Lipinski definition) is 0. The third-order valence-corrected chi connectivity index (χ3v) is 9.24. The number of aryl methyl sites for hydroxylation is 4. The van der Waals surface area contributed by atoms with Gasteiger partial charge in [0.25, 0.3) is 0 Å². The van der Waals surface area contributed by atoms with E-state index in [4.69, 9.17) is 0 Å². The molecule has 2 heteroatoms. The molecule has 1 aliphatic carbocycles. The molecule has 7 aromatic carbocycles. The van der Waals surface area contributed by atoms with Gasteiger partial charge in [-0.1, -0.05) is 95.6 Å². The molecule has 0 unspecified atom stereocenters. The lowest BCUT2D eigenvalue weighted by atomic mass is 10.00.